The molecule has 1 amide bonds. The van der Waals surface area contributed by atoms with Crippen LogP contribution in [0.4, 0.5) is 0 Å². The first-order chi connectivity index (χ1) is 7.08. The fourth-order valence-corrected chi connectivity index (χ4v) is 1.47. The lowest BCUT2D eigenvalue weighted by molar-refractivity contribution is 0.0996. The third kappa shape index (κ3) is 1.71. The Hall–Kier alpha value is -1.81. The normalized spacial score (nSPS) is 10.5. The number of fused-ring (bicyclic) bond motifs is 1. The molecule has 0 saturated heterocycles. The summed E-state index contributed by atoms with van der Waals surface area (Å²) in [6.07, 6.45) is 0. The smallest absolute Gasteiger partial charge is 0.254 e. The van der Waals surface area contributed by atoms with Gasteiger partial charge in [0.1, 0.15) is 11.1 Å². The van der Waals surface area contributed by atoms with Gasteiger partial charge in [0, 0.05) is 10.4 Å². The molecule has 0 atom stereocenters. The molecule has 0 aliphatic heterocycles. The van der Waals surface area contributed by atoms with Crippen LogP contribution in [0.1, 0.15) is 10.4 Å². The summed E-state index contributed by atoms with van der Waals surface area (Å²) >= 11 is 5.79. The number of hydrogen-bond donors (Lipinski definition) is 2. The van der Waals surface area contributed by atoms with Crippen molar-refractivity contribution in [2.24, 2.45) is 5.73 Å². The molecule has 1 aromatic carbocycles. The lowest BCUT2D eigenvalue weighted by atomic mass is 10.2. The summed E-state index contributed by atoms with van der Waals surface area (Å²) in [5, 5.41) is 8.62. The van der Waals surface area contributed by atoms with Crippen molar-refractivity contribution in [2.45, 2.75) is 0 Å². The number of carbonyl (C=O) groups excluding carboxylic acids is 1. The summed E-state index contributed by atoms with van der Waals surface area (Å²) in [5.41, 5.74) is 5.39. The van der Waals surface area contributed by atoms with Crippen molar-refractivity contribution < 1.29 is 9.21 Å². The minimum Gasteiger partial charge on any atom is -0.438 e. The van der Waals surface area contributed by atoms with E-state index in [0.29, 0.717) is 16.0 Å². The maximum Gasteiger partial charge on any atom is 0.254 e. The number of rotatable bonds is 1. The second kappa shape index (κ2) is 3.40. The second-order valence-electron chi connectivity index (χ2n) is 3.04. The van der Waals surface area contributed by atoms with Gasteiger partial charge in [0.05, 0.1) is 0 Å². The van der Waals surface area contributed by atoms with Gasteiger partial charge in [-0.3, -0.25) is 10.2 Å². The molecule has 1 heterocycles. The molecule has 0 radical (unpaired) electrons. The lowest BCUT2D eigenvalue weighted by Gasteiger charge is -2.00. The molecule has 4 nitrogen and oxygen atoms in total. The van der Waals surface area contributed by atoms with E-state index >= 15 is 0 Å². The van der Waals surface area contributed by atoms with E-state index in [1.54, 1.807) is 18.2 Å². The number of carbonyl (C=O) groups is 1. The quantitative estimate of drug-likeness (QED) is 0.770. The van der Waals surface area contributed by atoms with Gasteiger partial charge >= 0.3 is 0 Å². The summed E-state index contributed by atoms with van der Waals surface area (Å²) in [6, 6.07) is 6.43. The fourth-order valence-electron chi connectivity index (χ4n) is 1.29. The molecule has 0 saturated carbocycles. The van der Waals surface area contributed by atoms with Crippen molar-refractivity contribution >= 4 is 28.5 Å². The molecule has 0 aliphatic carbocycles. The van der Waals surface area contributed by atoms with Crippen molar-refractivity contribution in [3.05, 3.63) is 40.4 Å². The van der Waals surface area contributed by atoms with E-state index in [-0.39, 0.29) is 11.1 Å². The zero-order valence-corrected chi connectivity index (χ0v) is 8.34. The van der Waals surface area contributed by atoms with Crippen LogP contribution >= 0.6 is 11.6 Å². The molecule has 0 spiro atoms. The molecule has 2 rings (SSSR count). The number of hydrogen-bond acceptors (Lipinski definition) is 3. The van der Waals surface area contributed by atoms with E-state index < -0.39 is 5.91 Å². The van der Waals surface area contributed by atoms with E-state index in [9.17, 15) is 4.79 Å². The van der Waals surface area contributed by atoms with Crippen molar-refractivity contribution in [2.75, 3.05) is 0 Å². The third-order valence-corrected chi connectivity index (χ3v) is 2.23. The van der Waals surface area contributed by atoms with Crippen LogP contribution in [0.5, 0.6) is 0 Å². The molecule has 0 aliphatic rings. The summed E-state index contributed by atoms with van der Waals surface area (Å²) in [7, 11) is 0. The molecule has 3 N–H and O–H groups in total. The zero-order chi connectivity index (χ0) is 11.0. The largest absolute Gasteiger partial charge is 0.438 e. The van der Waals surface area contributed by atoms with E-state index in [0.717, 1.165) is 0 Å². The highest BCUT2D eigenvalue weighted by Crippen LogP contribution is 2.18. The van der Waals surface area contributed by atoms with Gasteiger partial charge in [-0.25, -0.2) is 0 Å². The minimum absolute atomic E-state index is 0.0461. The Morgan fingerprint density at radius 1 is 1.40 bits per heavy atom. The molecular formula is C10H7ClN2O2. The van der Waals surface area contributed by atoms with Crippen molar-refractivity contribution in [1.82, 2.24) is 0 Å². The summed E-state index contributed by atoms with van der Waals surface area (Å²) in [4.78, 5) is 11.0. The molecule has 5 heteroatoms. The highest BCUT2D eigenvalue weighted by atomic mass is 35.5. The van der Waals surface area contributed by atoms with Crippen LogP contribution in [0.15, 0.2) is 28.7 Å². The maximum atomic E-state index is 11.0. The maximum absolute atomic E-state index is 11.0. The monoisotopic (exact) mass is 222 g/mol. The van der Waals surface area contributed by atoms with Gasteiger partial charge in [-0.2, -0.15) is 0 Å². The first-order valence-electron chi connectivity index (χ1n) is 4.16. The number of primary amides is 1. The van der Waals surface area contributed by atoms with E-state index in [2.05, 4.69) is 0 Å². The van der Waals surface area contributed by atoms with Crippen LogP contribution in [-0.4, -0.2) is 5.91 Å². The second-order valence-corrected chi connectivity index (χ2v) is 3.47. The summed E-state index contributed by atoms with van der Waals surface area (Å²) in [6.45, 7) is 0. The first-order valence-corrected chi connectivity index (χ1v) is 4.53. The lowest BCUT2D eigenvalue weighted by Crippen LogP contribution is -2.20. The molecule has 76 valence electrons. The highest BCUT2D eigenvalue weighted by Gasteiger charge is 2.07. The number of nitrogens with one attached hydrogen (secondary N) is 1. The number of nitrogens with two attached hydrogens (primary N) is 1. The SMILES string of the molecule is N=c1oc2ccc(Cl)cc2cc1C(N)=O. The molecule has 1 aromatic heterocycles. The topological polar surface area (TPSA) is 80.1 Å². The van der Waals surface area contributed by atoms with Crippen LogP contribution in [0.2, 0.25) is 5.02 Å². The van der Waals surface area contributed by atoms with E-state index in [1.807, 2.05) is 0 Å². The van der Waals surface area contributed by atoms with Gasteiger partial charge in [0.25, 0.3) is 5.91 Å². The van der Waals surface area contributed by atoms with Crippen molar-refractivity contribution in [1.29, 1.82) is 5.41 Å². The van der Waals surface area contributed by atoms with Crippen molar-refractivity contribution in [3.8, 4) is 0 Å². The van der Waals surface area contributed by atoms with Gasteiger partial charge in [-0.15, -0.1) is 0 Å². The predicted molar refractivity (Wildman–Crippen MR) is 55.6 cm³/mol. The summed E-state index contributed by atoms with van der Waals surface area (Å²) in [5.74, 6) is -0.689. The molecule has 0 bridgehead atoms. The van der Waals surface area contributed by atoms with Crippen LogP contribution in [0.3, 0.4) is 0 Å². The van der Waals surface area contributed by atoms with Crippen LogP contribution in [0.25, 0.3) is 11.0 Å². The average Bonchev–Trinajstić information content (AvgIpc) is 2.17. The summed E-state index contributed by atoms with van der Waals surface area (Å²) < 4.78 is 5.12. The van der Waals surface area contributed by atoms with Gasteiger partial charge in [-0.1, -0.05) is 11.6 Å². The molecule has 0 unspecified atom stereocenters. The Labute approximate surface area is 89.8 Å². The fraction of sp³-hybridized carbons (Fsp3) is 0. The van der Waals surface area contributed by atoms with Gasteiger partial charge in [0.15, 0.2) is 0 Å². The molecular weight excluding hydrogens is 216 g/mol. The van der Waals surface area contributed by atoms with Crippen LogP contribution in [-0.2, 0) is 0 Å². The third-order valence-electron chi connectivity index (χ3n) is 1.99. The van der Waals surface area contributed by atoms with Crippen molar-refractivity contribution in [3.63, 3.8) is 0 Å². The predicted octanol–water partition coefficient (Wildman–Crippen LogP) is 1.66. The number of benzene rings is 1. The molecule has 2 aromatic rings. The Balaban J connectivity index is 2.83. The number of halogens is 1. The minimum atomic E-state index is -0.689. The van der Waals surface area contributed by atoms with Crippen LogP contribution in [0, 0.1) is 5.41 Å². The highest BCUT2D eigenvalue weighted by molar-refractivity contribution is 6.31. The van der Waals surface area contributed by atoms with Crippen LogP contribution < -0.4 is 11.3 Å². The Bertz CT molecular complexity index is 604. The molecule has 0 fully saturated rings. The van der Waals surface area contributed by atoms with Gasteiger partial charge in [-0.05, 0) is 24.3 Å². The Morgan fingerprint density at radius 3 is 2.80 bits per heavy atom. The number of amides is 1. The van der Waals surface area contributed by atoms with Gasteiger partial charge < -0.3 is 10.2 Å². The van der Waals surface area contributed by atoms with E-state index in [4.69, 9.17) is 27.2 Å². The average molecular weight is 223 g/mol. The standard InChI is InChI=1S/C10H7ClN2O2/c11-6-1-2-8-5(3-6)4-7(9(12)14)10(13)15-8/h1-4,13H,(H2,12,14). The molecule has 15 heavy (non-hydrogen) atoms. The Kier molecular flexibility index (Phi) is 2.21. The van der Waals surface area contributed by atoms with E-state index in [1.165, 1.54) is 6.07 Å². The zero-order valence-electron chi connectivity index (χ0n) is 7.58. The van der Waals surface area contributed by atoms with Gasteiger partial charge in [0.2, 0.25) is 5.55 Å². The Morgan fingerprint density at radius 2 is 2.13 bits per heavy atom. The first kappa shape index (κ1) is 9.73.